The van der Waals surface area contributed by atoms with Crippen LogP contribution in [0.15, 0.2) is 77.3 Å². The van der Waals surface area contributed by atoms with Crippen molar-refractivity contribution in [3.05, 3.63) is 82.8 Å². The summed E-state index contributed by atoms with van der Waals surface area (Å²) in [7, 11) is 4.10. The summed E-state index contributed by atoms with van der Waals surface area (Å²) in [5.41, 5.74) is 5.67. The van der Waals surface area contributed by atoms with Crippen molar-refractivity contribution in [2.45, 2.75) is 38.6 Å². The summed E-state index contributed by atoms with van der Waals surface area (Å²) in [5, 5.41) is 0. The van der Waals surface area contributed by atoms with Gasteiger partial charge in [0.15, 0.2) is 0 Å². The molecule has 0 N–H and O–H groups in total. The van der Waals surface area contributed by atoms with Gasteiger partial charge in [-0.2, -0.15) is 0 Å². The third-order valence-electron chi connectivity index (χ3n) is 6.35. The number of nitrogens with zero attached hydrogens (tertiary/aromatic N) is 2. The van der Waals surface area contributed by atoms with Crippen molar-refractivity contribution in [1.29, 1.82) is 0 Å². The molecule has 1 saturated carbocycles. The number of carbonyl (C=O) groups is 1. The van der Waals surface area contributed by atoms with Gasteiger partial charge in [0.2, 0.25) is 5.91 Å². The topological polar surface area (TPSA) is 23.6 Å². The summed E-state index contributed by atoms with van der Waals surface area (Å²) >= 11 is 3.57. The van der Waals surface area contributed by atoms with E-state index in [1.165, 1.54) is 23.2 Å². The van der Waals surface area contributed by atoms with E-state index in [1.807, 2.05) is 29.2 Å². The second-order valence-corrected chi connectivity index (χ2v) is 9.79. The fourth-order valence-electron chi connectivity index (χ4n) is 4.45. The van der Waals surface area contributed by atoms with Gasteiger partial charge in [0.05, 0.1) is 6.54 Å². The Morgan fingerprint density at radius 2 is 1.47 bits per heavy atom. The minimum atomic E-state index is 0.136. The van der Waals surface area contributed by atoms with Crippen molar-refractivity contribution in [2.75, 3.05) is 23.9 Å². The Morgan fingerprint density at radius 1 is 0.844 bits per heavy atom. The third-order valence-corrected chi connectivity index (χ3v) is 6.85. The summed E-state index contributed by atoms with van der Waals surface area (Å²) in [4.78, 5) is 17.6. The molecule has 0 saturated heterocycles. The zero-order valence-corrected chi connectivity index (χ0v) is 20.5. The lowest BCUT2D eigenvalue weighted by molar-refractivity contribution is -0.123. The van der Waals surface area contributed by atoms with Crippen LogP contribution in [0.1, 0.15) is 37.7 Å². The molecule has 4 rings (SSSR count). The quantitative estimate of drug-likeness (QED) is 0.361. The second-order valence-electron chi connectivity index (χ2n) is 8.88. The Morgan fingerprint density at radius 3 is 2.06 bits per heavy atom. The number of halogens is 1. The van der Waals surface area contributed by atoms with Gasteiger partial charge in [-0.25, -0.2) is 0 Å². The first-order valence-electron chi connectivity index (χ1n) is 11.4. The first kappa shape index (κ1) is 22.6. The van der Waals surface area contributed by atoms with Crippen molar-refractivity contribution in [1.82, 2.24) is 0 Å². The zero-order chi connectivity index (χ0) is 22.5. The Bertz CT molecular complexity index is 1040. The molecular formula is C28H31BrN2O. The first-order chi connectivity index (χ1) is 15.5. The SMILES string of the molecule is CN(C)c1ccc(-c2ccc(CN(C(=O)C3CCCCC3)c3cccc(Br)c3)cc2)cc1. The number of hydrogen-bond acceptors (Lipinski definition) is 2. The molecular weight excluding hydrogens is 460 g/mol. The molecule has 0 spiro atoms. The molecule has 0 radical (unpaired) electrons. The number of carbonyl (C=O) groups excluding carboxylic acids is 1. The molecule has 0 aromatic heterocycles. The summed E-state index contributed by atoms with van der Waals surface area (Å²) in [5.74, 6) is 0.392. The summed E-state index contributed by atoms with van der Waals surface area (Å²) in [6.45, 7) is 0.589. The van der Waals surface area contributed by atoms with Crippen molar-refractivity contribution in [2.24, 2.45) is 5.92 Å². The molecule has 0 aliphatic heterocycles. The largest absolute Gasteiger partial charge is 0.378 e. The monoisotopic (exact) mass is 490 g/mol. The van der Waals surface area contributed by atoms with Crippen molar-refractivity contribution >= 4 is 33.2 Å². The lowest BCUT2D eigenvalue weighted by Gasteiger charge is -2.30. The highest BCUT2D eigenvalue weighted by atomic mass is 79.9. The fraction of sp³-hybridized carbons (Fsp3) is 0.321. The molecule has 32 heavy (non-hydrogen) atoms. The third kappa shape index (κ3) is 5.42. The number of hydrogen-bond donors (Lipinski definition) is 0. The molecule has 3 aromatic carbocycles. The number of rotatable bonds is 6. The van der Waals surface area contributed by atoms with Crippen LogP contribution in [0.5, 0.6) is 0 Å². The lowest BCUT2D eigenvalue weighted by Crippen LogP contribution is -2.36. The average Bonchev–Trinajstić information content (AvgIpc) is 2.83. The first-order valence-corrected chi connectivity index (χ1v) is 12.2. The van der Waals surface area contributed by atoms with Gasteiger partial charge >= 0.3 is 0 Å². The van der Waals surface area contributed by atoms with E-state index in [9.17, 15) is 4.79 Å². The van der Waals surface area contributed by atoms with Gasteiger partial charge in [-0.1, -0.05) is 77.7 Å². The number of amides is 1. The van der Waals surface area contributed by atoms with Gasteiger partial charge in [-0.05, 0) is 59.9 Å². The summed E-state index contributed by atoms with van der Waals surface area (Å²) in [6, 6.07) is 25.3. The Labute approximate surface area is 200 Å². The van der Waals surface area contributed by atoms with Crippen LogP contribution < -0.4 is 9.80 Å². The molecule has 166 valence electrons. The van der Waals surface area contributed by atoms with Crippen LogP contribution in [0.25, 0.3) is 11.1 Å². The fourth-order valence-corrected chi connectivity index (χ4v) is 4.83. The van der Waals surface area contributed by atoms with E-state index in [-0.39, 0.29) is 11.8 Å². The second kappa shape index (κ2) is 10.4. The van der Waals surface area contributed by atoms with Gasteiger partial charge in [0.25, 0.3) is 0 Å². The van der Waals surface area contributed by atoms with E-state index in [0.717, 1.165) is 41.4 Å². The van der Waals surface area contributed by atoms with E-state index >= 15 is 0 Å². The van der Waals surface area contributed by atoms with Crippen LogP contribution in [0.2, 0.25) is 0 Å². The normalized spacial score (nSPS) is 14.2. The maximum atomic E-state index is 13.5. The van der Waals surface area contributed by atoms with Crippen molar-refractivity contribution in [3.8, 4) is 11.1 Å². The molecule has 1 aliphatic rings. The van der Waals surface area contributed by atoms with E-state index in [0.29, 0.717) is 6.54 Å². The standard InChI is InChI=1S/C28H31BrN2O/c1-30(2)26-17-15-23(16-18-26)22-13-11-21(12-14-22)20-31(27-10-6-9-25(29)19-27)28(32)24-7-4-3-5-8-24/h6,9-19,24H,3-5,7-8,20H2,1-2H3. The molecule has 4 heteroatoms. The lowest BCUT2D eigenvalue weighted by atomic mass is 9.88. The van der Waals surface area contributed by atoms with Gasteiger partial charge in [0, 0.05) is 35.9 Å². The molecule has 0 heterocycles. The van der Waals surface area contributed by atoms with Gasteiger partial charge in [0.1, 0.15) is 0 Å². The smallest absolute Gasteiger partial charge is 0.230 e. The minimum Gasteiger partial charge on any atom is -0.378 e. The van der Waals surface area contributed by atoms with Gasteiger partial charge in [-0.15, -0.1) is 0 Å². The van der Waals surface area contributed by atoms with Crippen LogP contribution in [0.3, 0.4) is 0 Å². The zero-order valence-electron chi connectivity index (χ0n) is 18.9. The minimum absolute atomic E-state index is 0.136. The predicted octanol–water partition coefficient (Wildman–Crippen LogP) is 7.30. The molecule has 3 nitrogen and oxygen atoms in total. The maximum absolute atomic E-state index is 13.5. The summed E-state index contributed by atoms with van der Waals surface area (Å²) < 4.78 is 0.993. The van der Waals surface area contributed by atoms with Crippen LogP contribution in [-0.4, -0.2) is 20.0 Å². The Balaban J connectivity index is 1.55. The molecule has 0 atom stereocenters. The van der Waals surface area contributed by atoms with Gasteiger partial charge < -0.3 is 9.80 Å². The average molecular weight is 491 g/mol. The molecule has 3 aromatic rings. The highest BCUT2D eigenvalue weighted by Gasteiger charge is 2.27. The molecule has 0 unspecified atom stereocenters. The van der Waals surface area contributed by atoms with Crippen molar-refractivity contribution in [3.63, 3.8) is 0 Å². The van der Waals surface area contributed by atoms with E-state index in [2.05, 4.69) is 83.5 Å². The Hall–Kier alpha value is -2.59. The van der Waals surface area contributed by atoms with Crippen LogP contribution >= 0.6 is 15.9 Å². The number of anilines is 2. The molecule has 1 amide bonds. The van der Waals surface area contributed by atoms with Crippen molar-refractivity contribution < 1.29 is 4.79 Å². The van der Waals surface area contributed by atoms with Crippen LogP contribution in [0.4, 0.5) is 11.4 Å². The van der Waals surface area contributed by atoms with E-state index in [4.69, 9.17) is 0 Å². The summed E-state index contributed by atoms with van der Waals surface area (Å²) in [6.07, 6.45) is 5.57. The van der Waals surface area contributed by atoms with E-state index < -0.39 is 0 Å². The maximum Gasteiger partial charge on any atom is 0.230 e. The number of benzene rings is 3. The highest BCUT2D eigenvalue weighted by Crippen LogP contribution is 2.30. The Kier molecular flexibility index (Phi) is 7.31. The predicted molar refractivity (Wildman–Crippen MR) is 138 cm³/mol. The molecule has 1 aliphatic carbocycles. The molecule has 0 bridgehead atoms. The van der Waals surface area contributed by atoms with Gasteiger partial charge in [-0.3, -0.25) is 4.79 Å². The van der Waals surface area contributed by atoms with Crippen LogP contribution in [0, 0.1) is 5.92 Å². The highest BCUT2D eigenvalue weighted by molar-refractivity contribution is 9.10. The van der Waals surface area contributed by atoms with E-state index in [1.54, 1.807) is 0 Å². The van der Waals surface area contributed by atoms with Crippen LogP contribution in [-0.2, 0) is 11.3 Å². The molecule has 1 fully saturated rings.